The molecule has 2 amide bonds. The topological polar surface area (TPSA) is 94.7 Å². The predicted molar refractivity (Wildman–Crippen MR) is 185 cm³/mol. The second kappa shape index (κ2) is 13.6. The van der Waals surface area contributed by atoms with Crippen molar-refractivity contribution in [2.45, 2.75) is 58.8 Å². The summed E-state index contributed by atoms with van der Waals surface area (Å²) in [6, 6.07) is 15.2. The van der Waals surface area contributed by atoms with Crippen molar-refractivity contribution in [3.05, 3.63) is 71.7 Å². The van der Waals surface area contributed by atoms with Gasteiger partial charge in [-0.2, -0.15) is 10.2 Å². The second-order valence-electron chi connectivity index (χ2n) is 14.1. The third-order valence-electron chi connectivity index (χ3n) is 7.83. The summed E-state index contributed by atoms with van der Waals surface area (Å²) < 4.78 is 15.2. The molecule has 244 valence electrons. The summed E-state index contributed by atoms with van der Waals surface area (Å²) in [6.07, 6.45) is 7.49. The number of ether oxygens (including phenoxy) is 2. The zero-order valence-electron chi connectivity index (χ0n) is 28.1. The van der Waals surface area contributed by atoms with Crippen LogP contribution in [0.3, 0.4) is 0 Å². The summed E-state index contributed by atoms with van der Waals surface area (Å²) in [4.78, 5) is 29.2. The van der Waals surface area contributed by atoms with E-state index in [1.54, 1.807) is 14.5 Å². The Bertz CT molecular complexity index is 1700. The van der Waals surface area contributed by atoms with Crippen molar-refractivity contribution in [3.63, 3.8) is 0 Å². The summed E-state index contributed by atoms with van der Waals surface area (Å²) in [5.74, 6) is -0.0379. The molecule has 4 aromatic rings. The van der Waals surface area contributed by atoms with Crippen LogP contribution in [0.25, 0.3) is 34.2 Å². The van der Waals surface area contributed by atoms with Crippen LogP contribution in [0.4, 0.5) is 4.79 Å². The number of piperazine rings is 1. The highest BCUT2D eigenvalue weighted by molar-refractivity contribution is 6.76. The van der Waals surface area contributed by atoms with E-state index in [1.165, 1.54) is 0 Å². The van der Waals surface area contributed by atoms with E-state index in [1.807, 2.05) is 81.3 Å². The van der Waals surface area contributed by atoms with Gasteiger partial charge >= 0.3 is 6.09 Å². The summed E-state index contributed by atoms with van der Waals surface area (Å²) in [5.41, 5.74) is 4.98. The lowest BCUT2D eigenvalue weighted by Gasteiger charge is -2.35. The van der Waals surface area contributed by atoms with Crippen molar-refractivity contribution < 1.29 is 19.1 Å². The van der Waals surface area contributed by atoms with Gasteiger partial charge in [-0.1, -0.05) is 37.8 Å². The number of hydrogen-bond donors (Lipinski definition) is 0. The summed E-state index contributed by atoms with van der Waals surface area (Å²) >= 11 is 0. The maximum atomic E-state index is 13.3. The van der Waals surface area contributed by atoms with Gasteiger partial charge in [-0.15, -0.1) is 0 Å². The van der Waals surface area contributed by atoms with E-state index in [9.17, 15) is 9.59 Å². The molecule has 1 aliphatic heterocycles. The van der Waals surface area contributed by atoms with Gasteiger partial charge in [-0.05, 0) is 74.4 Å². The largest absolute Gasteiger partial charge is 0.444 e. The first-order chi connectivity index (χ1) is 21.8. The highest BCUT2D eigenvalue weighted by atomic mass is 28.3. The van der Waals surface area contributed by atoms with Crippen molar-refractivity contribution in [3.8, 4) is 11.1 Å². The zero-order chi connectivity index (χ0) is 33.1. The number of aromatic nitrogens is 4. The first-order valence-electron chi connectivity index (χ1n) is 15.9. The van der Waals surface area contributed by atoms with Crippen LogP contribution in [-0.4, -0.2) is 87.8 Å². The van der Waals surface area contributed by atoms with Crippen LogP contribution in [0.5, 0.6) is 0 Å². The molecule has 0 bridgehead atoms. The third kappa shape index (κ3) is 8.52. The Balaban J connectivity index is 1.31. The first-order valence-corrected chi connectivity index (χ1v) is 19.6. The fourth-order valence-electron chi connectivity index (χ4n) is 5.24. The Morgan fingerprint density at radius 2 is 1.61 bits per heavy atom. The highest BCUT2D eigenvalue weighted by Gasteiger charge is 2.28. The zero-order valence-corrected chi connectivity index (χ0v) is 29.1. The van der Waals surface area contributed by atoms with Crippen LogP contribution in [0.2, 0.25) is 25.7 Å². The van der Waals surface area contributed by atoms with Gasteiger partial charge in [0.15, 0.2) is 0 Å². The third-order valence-corrected chi connectivity index (χ3v) is 9.54. The fourth-order valence-corrected chi connectivity index (χ4v) is 6.00. The Morgan fingerprint density at radius 3 is 2.24 bits per heavy atom. The van der Waals surface area contributed by atoms with Gasteiger partial charge in [0.05, 0.1) is 17.4 Å². The van der Waals surface area contributed by atoms with Crippen LogP contribution < -0.4 is 0 Å². The van der Waals surface area contributed by atoms with Gasteiger partial charge in [-0.3, -0.25) is 9.48 Å². The molecule has 5 rings (SSSR count). The normalized spacial score (nSPS) is 14.4. The Morgan fingerprint density at radius 1 is 0.935 bits per heavy atom. The molecule has 0 unspecified atom stereocenters. The fraction of sp³-hybridized carbons (Fsp3) is 0.429. The molecular formula is C35H46N6O4Si. The van der Waals surface area contributed by atoms with Gasteiger partial charge in [0.2, 0.25) is 0 Å². The van der Waals surface area contributed by atoms with E-state index in [4.69, 9.17) is 14.6 Å². The van der Waals surface area contributed by atoms with Crippen LogP contribution in [-0.2, 0) is 23.3 Å². The van der Waals surface area contributed by atoms with E-state index in [0.717, 1.165) is 45.9 Å². The molecule has 0 N–H and O–H groups in total. The van der Waals surface area contributed by atoms with E-state index >= 15 is 0 Å². The number of carbonyl (C=O) groups is 2. The molecule has 0 saturated carbocycles. The second-order valence-corrected chi connectivity index (χ2v) is 19.7. The lowest BCUT2D eigenvalue weighted by molar-refractivity contribution is 0.0141. The molecule has 0 spiro atoms. The minimum Gasteiger partial charge on any atom is -0.444 e. The molecule has 3 heterocycles. The van der Waals surface area contributed by atoms with Crippen molar-refractivity contribution >= 4 is 43.1 Å². The number of fused-ring (bicyclic) bond motifs is 1. The summed E-state index contributed by atoms with van der Waals surface area (Å²) in [5, 5.41) is 10.2. The SMILES string of the molecule is Cn1cc(/C=C/c2nn(COCC[Si](C)(C)C)c3ccc(-c4ccc(C(=O)N5CCN(C(=O)OC(C)(C)C)CC5)cc4)cc23)cn1. The molecule has 2 aromatic carbocycles. The molecule has 0 atom stereocenters. The minimum atomic E-state index is -1.19. The number of carbonyl (C=O) groups excluding carboxylic acids is 2. The molecule has 11 heteroatoms. The molecule has 1 aliphatic rings. The molecule has 10 nitrogen and oxygen atoms in total. The highest BCUT2D eigenvalue weighted by Crippen LogP contribution is 2.29. The van der Waals surface area contributed by atoms with Crippen molar-refractivity contribution in [1.29, 1.82) is 0 Å². The number of aryl methyl sites for hydroxylation is 1. The molecule has 1 fully saturated rings. The number of amides is 2. The number of benzene rings is 2. The number of nitrogens with zero attached hydrogens (tertiary/aromatic N) is 6. The van der Waals surface area contributed by atoms with E-state index in [0.29, 0.717) is 38.5 Å². The number of rotatable bonds is 9. The maximum Gasteiger partial charge on any atom is 0.410 e. The lowest BCUT2D eigenvalue weighted by Crippen LogP contribution is -2.51. The van der Waals surface area contributed by atoms with Gasteiger partial charge in [-0.25, -0.2) is 9.48 Å². The molecular weight excluding hydrogens is 597 g/mol. The average Bonchev–Trinajstić information content (AvgIpc) is 3.59. The average molecular weight is 643 g/mol. The van der Waals surface area contributed by atoms with Crippen LogP contribution >= 0.6 is 0 Å². The van der Waals surface area contributed by atoms with Crippen LogP contribution in [0.1, 0.15) is 42.4 Å². The number of hydrogen-bond acceptors (Lipinski definition) is 6. The van der Waals surface area contributed by atoms with E-state index in [-0.39, 0.29) is 12.0 Å². The predicted octanol–water partition coefficient (Wildman–Crippen LogP) is 6.61. The van der Waals surface area contributed by atoms with Gasteiger partial charge in [0.25, 0.3) is 5.91 Å². The summed E-state index contributed by atoms with van der Waals surface area (Å²) in [7, 11) is 0.711. The van der Waals surface area contributed by atoms with E-state index < -0.39 is 13.7 Å². The van der Waals surface area contributed by atoms with Crippen molar-refractivity contribution in [1.82, 2.24) is 29.4 Å². The van der Waals surface area contributed by atoms with Crippen LogP contribution in [0, 0.1) is 0 Å². The van der Waals surface area contributed by atoms with Gasteiger partial charge in [0.1, 0.15) is 12.3 Å². The first kappa shape index (κ1) is 33.1. The standard InChI is InChI=1S/C35H46N6O4Si/c1-35(2,3)45-34(43)40-18-16-39(17-19-40)33(42)28-11-9-27(10-12-28)29-13-15-32-30(22-29)31(14-8-26-23-36-38(4)24-26)37-41(32)25-44-20-21-46(5,6)7/h8-15,22-24H,16-21,25H2,1-7H3/b14-8+. The summed E-state index contributed by atoms with van der Waals surface area (Å²) in [6.45, 7) is 15.6. The molecule has 0 radical (unpaired) electrons. The maximum absolute atomic E-state index is 13.3. The Hall–Kier alpha value is -4.22. The van der Waals surface area contributed by atoms with Crippen molar-refractivity contribution in [2.75, 3.05) is 32.8 Å². The van der Waals surface area contributed by atoms with Crippen molar-refractivity contribution in [2.24, 2.45) is 7.05 Å². The molecule has 2 aromatic heterocycles. The minimum absolute atomic E-state index is 0.0379. The van der Waals surface area contributed by atoms with E-state index in [2.05, 4.69) is 42.9 Å². The van der Waals surface area contributed by atoms with Gasteiger partial charge < -0.3 is 19.3 Å². The molecule has 0 aliphatic carbocycles. The van der Waals surface area contributed by atoms with Crippen LogP contribution in [0.15, 0.2) is 54.9 Å². The lowest BCUT2D eigenvalue weighted by atomic mass is 10.0. The molecule has 1 saturated heterocycles. The molecule has 46 heavy (non-hydrogen) atoms. The monoisotopic (exact) mass is 642 g/mol. The van der Waals surface area contributed by atoms with Gasteiger partial charge in [0, 0.05) is 70.6 Å². The Kier molecular flexibility index (Phi) is 9.83. The smallest absolute Gasteiger partial charge is 0.410 e. The quantitative estimate of drug-likeness (QED) is 0.151. The Labute approximate surface area is 272 Å².